The van der Waals surface area contributed by atoms with E-state index in [0.717, 1.165) is 18.7 Å². The monoisotopic (exact) mass is 380 g/mol. The normalized spacial score (nSPS) is 15.1. The number of carbonyl (C=O) groups excluding carboxylic acids is 1. The third kappa shape index (κ3) is 6.28. The smallest absolute Gasteiger partial charge is 0.368 e. The van der Waals surface area contributed by atoms with E-state index in [0.29, 0.717) is 38.4 Å². The molecule has 2 amide bonds. The Morgan fingerprint density at radius 2 is 1.84 bits per heavy atom. The highest BCUT2D eigenvalue weighted by Crippen LogP contribution is 2.31. The lowest BCUT2D eigenvalue weighted by Gasteiger charge is -2.36. The fourth-order valence-electron chi connectivity index (χ4n) is 2.54. The number of alkyl halides is 3. The first-order valence-electron chi connectivity index (χ1n) is 7.87. The summed E-state index contributed by atoms with van der Waals surface area (Å²) in [5, 5.41) is 2.85. The van der Waals surface area contributed by atoms with E-state index in [2.05, 4.69) is 5.32 Å². The molecule has 1 saturated heterocycles. The number of amides is 2. The first-order valence-corrected chi connectivity index (χ1v) is 7.87. The van der Waals surface area contributed by atoms with Crippen molar-refractivity contribution in [1.82, 2.24) is 15.1 Å². The minimum Gasteiger partial charge on any atom is -0.368 e. The Labute approximate surface area is 152 Å². The molecule has 1 aromatic carbocycles. The first kappa shape index (κ1) is 21.4. The van der Waals surface area contributed by atoms with Crippen LogP contribution in [0.1, 0.15) is 5.56 Å². The summed E-state index contributed by atoms with van der Waals surface area (Å²) in [5.41, 5.74) is -0.110. The molecule has 1 aromatic rings. The zero-order chi connectivity index (χ0) is 17.7. The first-order chi connectivity index (χ1) is 11.3. The summed E-state index contributed by atoms with van der Waals surface area (Å²) >= 11 is 0. The molecule has 1 aliphatic rings. The minimum atomic E-state index is -4.34. The lowest BCUT2D eigenvalue weighted by atomic mass is 10.1. The summed E-state index contributed by atoms with van der Waals surface area (Å²) in [6.45, 7) is 3.34. The lowest BCUT2D eigenvalue weighted by molar-refractivity contribution is -0.137. The van der Waals surface area contributed by atoms with Crippen molar-refractivity contribution >= 4 is 24.1 Å². The van der Waals surface area contributed by atoms with Crippen LogP contribution >= 0.6 is 12.4 Å². The molecule has 142 valence electrons. The van der Waals surface area contributed by atoms with E-state index in [-0.39, 0.29) is 18.4 Å². The van der Waals surface area contributed by atoms with Crippen LogP contribution in [0.15, 0.2) is 24.3 Å². The van der Waals surface area contributed by atoms with Gasteiger partial charge in [-0.2, -0.15) is 13.2 Å². The molecule has 1 aliphatic heterocycles. The zero-order valence-corrected chi connectivity index (χ0v) is 15.2. The number of rotatable bonds is 4. The van der Waals surface area contributed by atoms with Gasteiger partial charge < -0.3 is 20.0 Å². The molecular formula is C16H24ClF3N4O. The van der Waals surface area contributed by atoms with Gasteiger partial charge in [0.2, 0.25) is 0 Å². The molecular weight excluding hydrogens is 357 g/mol. The van der Waals surface area contributed by atoms with Gasteiger partial charge in [-0.15, -0.1) is 12.4 Å². The molecule has 0 bridgehead atoms. The summed E-state index contributed by atoms with van der Waals surface area (Å²) in [7, 11) is 3.86. The van der Waals surface area contributed by atoms with Crippen LogP contribution < -0.4 is 10.2 Å². The van der Waals surface area contributed by atoms with E-state index in [1.165, 1.54) is 6.07 Å². The number of urea groups is 1. The Bertz CT molecular complexity index is 561. The number of hydrogen-bond acceptors (Lipinski definition) is 3. The van der Waals surface area contributed by atoms with Crippen molar-refractivity contribution < 1.29 is 18.0 Å². The second kappa shape index (κ2) is 9.15. The lowest BCUT2D eigenvalue weighted by Crippen LogP contribution is -2.52. The van der Waals surface area contributed by atoms with E-state index in [4.69, 9.17) is 0 Å². The van der Waals surface area contributed by atoms with Crippen molar-refractivity contribution in [2.75, 3.05) is 58.3 Å². The van der Waals surface area contributed by atoms with Gasteiger partial charge in [-0.25, -0.2) is 4.79 Å². The third-order valence-electron chi connectivity index (χ3n) is 3.94. The van der Waals surface area contributed by atoms with Crippen molar-refractivity contribution in [1.29, 1.82) is 0 Å². The van der Waals surface area contributed by atoms with Gasteiger partial charge in [-0.3, -0.25) is 0 Å². The van der Waals surface area contributed by atoms with Crippen LogP contribution in [0, 0.1) is 0 Å². The number of likely N-dealkylation sites (N-methyl/N-ethyl adjacent to an activating group) is 1. The fraction of sp³-hybridized carbons (Fsp3) is 0.562. The van der Waals surface area contributed by atoms with Gasteiger partial charge in [0.05, 0.1) is 5.56 Å². The molecule has 1 heterocycles. The number of carbonyl (C=O) groups is 1. The van der Waals surface area contributed by atoms with Crippen LogP contribution in [0.2, 0.25) is 0 Å². The van der Waals surface area contributed by atoms with Gasteiger partial charge >= 0.3 is 12.2 Å². The quantitative estimate of drug-likeness (QED) is 0.872. The fourth-order valence-corrected chi connectivity index (χ4v) is 2.54. The van der Waals surface area contributed by atoms with Crippen LogP contribution in [-0.2, 0) is 6.18 Å². The SMILES string of the molecule is CN(C)CCNC(=O)N1CCN(c2cccc(C(F)(F)F)c2)CC1.Cl. The van der Waals surface area contributed by atoms with Crippen LogP contribution in [0.5, 0.6) is 0 Å². The number of piperazine rings is 1. The predicted molar refractivity (Wildman–Crippen MR) is 94.4 cm³/mol. The van der Waals surface area contributed by atoms with Crippen molar-refractivity contribution in [3.63, 3.8) is 0 Å². The summed E-state index contributed by atoms with van der Waals surface area (Å²) in [6.07, 6.45) is -4.34. The average Bonchev–Trinajstić information content (AvgIpc) is 2.54. The molecule has 0 saturated carbocycles. The minimum absolute atomic E-state index is 0. The standard InChI is InChI=1S/C16H23F3N4O.ClH/c1-21(2)7-6-20-15(24)23-10-8-22(9-11-23)14-5-3-4-13(12-14)16(17,18)19;/h3-5,12H,6-11H2,1-2H3,(H,20,24);1H. The van der Waals surface area contributed by atoms with E-state index in [9.17, 15) is 18.0 Å². The number of benzene rings is 1. The molecule has 0 atom stereocenters. The molecule has 2 rings (SSSR count). The van der Waals surface area contributed by atoms with Gasteiger partial charge in [0, 0.05) is 45.0 Å². The summed E-state index contributed by atoms with van der Waals surface area (Å²) in [5.74, 6) is 0. The molecule has 5 nitrogen and oxygen atoms in total. The van der Waals surface area contributed by atoms with E-state index in [1.807, 2.05) is 23.9 Å². The Kier molecular flexibility index (Phi) is 7.82. The van der Waals surface area contributed by atoms with Crippen LogP contribution in [0.4, 0.5) is 23.7 Å². The molecule has 0 spiro atoms. The van der Waals surface area contributed by atoms with Gasteiger partial charge in [-0.05, 0) is 32.3 Å². The Morgan fingerprint density at radius 1 is 1.20 bits per heavy atom. The maximum atomic E-state index is 12.8. The molecule has 0 unspecified atom stereocenters. The second-order valence-corrected chi connectivity index (χ2v) is 6.06. The van der Waals surface area contributed by atoms with Crippen LogP contribution in [-0.4, -0.2) is 69.2 Å². The van der Waals surface area contributed by atoms with Gasteiger partial charge in [0.15, 0.2) is 0 Å². The largest absolute Gasteiger partial charge is 0.416 e. The summed E-state index contributed by atoms with van der Waals surface area (Å²) in [4.78, 5) is 17.6. The van der Waals surface area contributed by atoms with Crippen LogP contribution in [0.3, 0.4) is 0 Å². The zero-order valence-electron chi connectivity index (χ0n) is 14.3. The summed E-state index contributed by atoms with van der Waals surface area (Å²) in [6, 6.07) is 5.19. The topological polar surface area (TPSA) is 38.8 Å². The van der Waals surface area contributed by atoms with Crippen molar-refractivity contribution in [2.24, 2.45) is 0 Å². The molecule has 25 heavy (non-hydrogen) atoms. The predicted octanol–water partition coefficient (Wildman–Crippen LogP) is 2.52. The number of nitrogens with zero attached hydrogens (tertiary/aromatic N) is 3. The van der Waals surface area contributed by atoms with Crippen molar-refractivity contribution in [2.45, 2.75) is 6.18 Å². The molecule has 1 N–H and O–H groups in total. The Morgan fingerprint density at radius 3 is 2.40 bits per heavy atom. The molecule has 1 fully saturated rings. The van der Waals surface area contributed by atoms with Gasteiger partial charge in [-0.1, -0.05) is 6.07 Å². The Balaban J connectivity index is 0.00000312. The maximum absolute atomic E-state index is 12.8. The van der Waals surface area contributed by atoms with E-state index >= 15 is 0 Å². The molecule has 9 heteroatoms. The third-order valence-corrected chi connectivity index (χ3v) is 3.94. The maximum Gasteiger partial charge on any atom is 0.416 e. The average molecular weight is 381 g/mol. The summed E-state index contributed by atoms with van der Waals surface area (Å²) < 4.78 is 38.4. The second-order valence-electron chi connectivity index (χ2n) is 6.06. The van der Waals surface area contributed by atoms with E-state index < -0.39 is 11.7 Å². The van der Waals surface area contributed by atoms with E-state index in [1.54, 1.807) is 11.0 Å². The highest BCUT2D eigenvalue weighted by Gasteiger charge is 2.31. The van der Waals surface area contributed by atoms with Crippen molar-refractivity contribution in [3.05, 3.63) is 29.8 Å². The Hall–Kier alpha value is -1.67. The highest BCUT2D eigenvalue weighted by molar-refractivity contribution is 5.85. The number of hydrogen-bond donors (Lipinski definition) is 1. The number of halogens is 4. The van der Waals surface area contributed by atoms with Crippen LogP contribution in [0.25, 0.3) is 0 Å². The number of nitrogens with one attached hydrogen (secondary N) is 1. The number of anilines is 1. The van der Waals surface area contributed by atoms with Gasteiger partial charge in [0.1, 0.15) is 0 Å². The molecule has 0 aromatic heterocycles. The highest BCUT2D eigenvalue weighted by atomic mass is 35.5. The molecule has 0 radical (unpaired) electrons. The van der Waals surface area contributed by atoms with Crippen molar-refractivity contribution in [3.8, 4) is 0 Å². The van der Waals surface area contributed by atoms with Gasteiger partial charge in [0.25, 0.3) is 0 Å². The molecule has 0 aliphatic carbocycles.